The molecule has 0 aliphatic carbocycles. The topological polar surface area (TPSA) is 82.9 Å². The summed E-state index contributed by atoms with van der Waals surface area (Å²) in [6, 6.07) is 23.8. The molecule has 0 bridgehead atoms. The molecule has 5 rings (SSSR count). The molecule has 182 valence electrons. The first-order valence-electron chi connectivity index (χ1n) is 12.1. The van der Waals surface area contributed by atoms with Gasteiger partial charge in [-0.25, -0.2) is 4.79 Å². The van der Waals surface area contributed by atoms with Crippen molar-refractivity contribution >= 4 is 34.2 Å². The number of carbonyl (C=O) groups is 2. The van der Waals surface area contributed by atoms with E-state index in [1.165, 1.54) is 0 Å². The second-order valence-electron chi connectivity index (χ2n) is 8.79. The van der Waals surface area contributed by atoms with Crippen molar-refractivity contribution in [3.05, 3.63) is 94.8 Å². The summed E-state index contributed by atoms with van der Waals surface area (Å²) in [5.74, 6) is -0.0697. The Morgan fingerprint density at radius 1 is 0.889 bits per heavy atom. The molecule has 3 aromatic carbocycles. The van der Waals surface area contributed by atoms with Crippen LogP contribution in [0, 0.1) is 0 Å². The molecule has 7 heteroatoms. The van der Waals surface area contributed by atoms with Crippen LogP contribution in [0.2, 0.25) is 0 Å². The van der Waals surface area contributed by atoms with Crippen molar-refractivity contribution in [1.29, 1.82) is 0 Å². The van der Waals surface area contributed by atoms with Gasteiger partial charge < -0.3 is 19.5 Å². The molecule has 2 amide bonds. The van der Waals surface area contributed by atoms with E-state index in [-0.39, 0.29) is 11.8 Å². The van der Waals surface area contributed by atoms with Gasteiger partial charge in [-0.1, -0.05) is 37.3 Å². The van der Waals surface area contributed by atoms with Gasteiger partial charge in [0.2, 0.25) is 5.91 Å². The third-order valence-electron chi connectivity index (χ3n) is 6.50. The van der Waals surface area contributed by atoms with Crippen molar-refractivity contribution in [1.82, 2.24) is 4.90 Å². The number of benzene rings is 3. The van der Waals surface area contributed by atoms with Crippen LogP contribution in [0.3, 0.4) is 0 Å². The maximum Gasteiger partial charge on any atom is 0.344 e. The number of para-hydroxylation sites is 1. The Labute approximate surface area is 208 Å². The van der Waals surface area contributed by atoms with Gasteiger partial charge in [-0.15, -0.1) is 0 Å². The van der Waals surface area contributed by atoms with Gasteiger partial charge in [-0.2, -0.15) is 0 Å². The summed E-state index contributed by atoms with van der Waals surface area (Å²) in [5, 5.41) is 3.75. The number of amides is 2. The first-order chi connectivity index (χ1) is 17.5. The van der Waals surface area contributed by atoms with Gasteiger partial charge >= 0.3 is 5.63 Å². The largest absolute Gasteiger partial charge is 0.422 e. The zero-order valence-electron chi connectivity index (χ0n) is 20.1. The van der Waals surface area contributed by atoms with Gasteiger partial charge in [0.1, 0.15) is 5.58 Å². The number of nitrogens with zero attached hydrogens (tertiary/aromatic N) is 2. The Balaban J connectivity index is 1.28. The Morgan fingerprint density at radius 3 is 2.39 bits per heavy atom. The summed E-state index contributed by atoms with van der Waals surface area (Å²) in [5.41, 5.74) is 3.30. The third kappa shape index (κ3) is 4.86. The maximum atomic E-state index is 12.9. The van der Waals surface area contributed by atoms with Crippen LogP contribution >= 0.6 is 0 Å². The molecule has 0 atom stereocenters. The van der Waals surface area contributed by atoms with Crippen LogP contribution in [0.1, 0.15) is 23.7 Å². The van der Waals surface area contributed by atoms with E-state index in [1.54, 1.807) is 36.4 Å². The van der Waals surface area contributed by atoms with Crippen LogP contribution in [-0.4, -0.2) is 42.9 Å². The summed E-state index contributed by atoms with van der Waals surface area (Å²) in [4.78, 5) is 41.5. The van der Waals surface area contributed by atoms with Crippen molar-refractivity contribution in [3.63, 3.8) is 0 Å². The molecule has 1 fully saturated rings. The lowest BCUT2D eigenvalue weighted by atomic mass is 10.0. The van der Waals surface area contributed by atoms with Crippen LogP contribution in [0.15, 0.2) is 88.1 Å². The number of carbonyl (C=O) groups excluding carboxylic acids is 2. The molecular formula is C29H27N3O4. The van der Waals surface area contributed by atoms with Gasteiger partial charge in [-0.3, -0.25) is 9.59 Å². The molecule has 2 heterocycles. The van der Waals surface area contributed by atoms with Crippen LogP contribution in [0.25, 0.3) is 22.1 Å². The minimum absolute atomic E-state index is 0.193. The fourth-order valence-corrected chi connectivity index (χ4v) is 4.49. The van der Waals surface area contributed by atoms with Crippen LogP contribution in [-0.2, 0) is 4.79 Å². The Kier molecular flexibility index (Phi) is 6.54. The average molecular weight is 482 g/mol. The lowest BCUT2D eigenvalue weighted by molar-refractivity contribution is -0.131. The fourth-order valence-electron chi connectivity index (χ4n) is 4.49. The molecule has 4 aromatic rings. The zero-order valence-corrected chi connectivity index (χ0v) is 20.1. The normalized spacial score (nSPS) is 13.6. The third-order valence-corrected chi connectivity index (χ3v) is 6.50. The van der Waals surface area contributed by atoms with E-state index in [0.717, 1.165) is 37.3 Å². The molecule has 36 heavy (non-hydrogen) atoms. The fraction of sp³-hybridized carbons (Fsp3) is 0.207. The molecular weight excluding hydrogens is 454 g/mol. The van der Waals surface area contributed by atoms with Crippen molar-refractivity contribution in [2.75, 3.05) is 36.4 Å². The van der Waals surface area contributed by atoms with E-state index in [4.69, 9.17) is 4.42 Å². The van der Waals surface area contributed by atoms with Gasteiger partial charge in [0.25, 0.3) is 5.91 Å². The Hall–Kier alpha value is -4.39. The van der Waals surface area contributed by atoms with E-state index < -0.39 is 5.63 Å². The maximum absolute atomic E-state index is 12.9. The van der Waals surface area contributed by atoms with Gasteiger partial charge in [0.15, 0.2) is 0 Å². The van der Waals surface area contributed by atoms with Crippen LogP contribution in [0.4, 0.5) is 11.4 Å². The van der Waals surface area contributed by atoms with Crippen molar-refractivity contribution in [2.24, 2.45) is 0 Å². The smallest absolute Gasteiger partial charge is 0.344 e. The monoisotopic (exact) mass is 481 g/mol. The molecule has 0 unspecified atom stereocenters. The predicted molar refractivity (Wildman–Crippen MR) is 141 cm³/mol. The zero-order chi connectivity index (χ0) is 25.1. The minimum atomic E-state index is -0.443. The summed E-state index contributed by atoms with van der Waals surface area (Å²) in [6.07, 6.45) is 0.535. The summed E-state index contributed by atoms with van der Waals surface area (Å²) < 4.78 is 5.45. The molecule has 1 saturated heterocycles. The highest BCUT2D eigenvalue weighted by atomic mass is 16.4. The molecule has 1 aliphatic rings. The lowest BCUT2D eigenvalue weighted by Gasteiger charge is -2.36. The first kappa shape index (κ1) is 23.4. The van der Waals surface area contributed by atoms with E-state index in [9.17, 15) is 14.4 Å². The average Bonchev–Trinajstić information content (AvgIpc) is 2.93. The van der Waals surface area contributed by atoms with Crippen molar-refractivity contribution in [2.45, 2.75) is 13.3 Å². The number of hydrogen-bond acceptors (Lipinski definition) is 5. The molecule has 1 aromatic heterocycles. The summed E-state index contributed by atoms with van der Waals surface area (Å²) in [6.45, 7) is 4.90. The summed E-state index contributed by atoms with van der Waals surface area (Å²) in [7, 11) is 0. The number of fused-ring (bicyclic) bond motifs is 1. The molecule has 7 nitrogen and oxygen atoms in total. The van der Waals surface area contributed by atoms with Gasteiger partial charge in [0, 0.05) is 54.9 Å². The van der Waals surface area contributed by atoms with E-state index in [2.05, 4.69) is 10.2 Å². The summed E-state index contributed by atoms with van der Waals surface area (Å²) >= 11 is 0. The highest BCUT2D eigenvalue weighted by Crippen LogP contribution is 2.23. The standard InChI is InChI=1S/C29H27N3O4/c1-2-27(33)32-16-14-31(15-17-32)24-12-10-23(11-13-24)30-28(34)22-8-5-7-20(18-22)25-19-21-6-3-4-9-26(21)36-29(25)35/h3-13,18-19H,2,14-17H2,1H3,(H,30,34). The quantitative estimate of drug-likeness (QED) is 0.415. The van der Waals surface area contributed by atoms with Crippen molar-refractivity contribution in [3.8, 4) is 11.1 Å². The van der Waals surface area contributed by atoms with E-state index in [0.29, 0.717) is 34.4 Å². The van der Waals surface area contributed by atoms with Crippen molar-refractivity contribution < 1.29 is 14.0 Å². The Morgan fingerprint density at radius 2 is 1.64 bits per heavy atom. The number of hydrogen-bond donors (Lipinski definition) is 1. The predicted octanol–water partition coefficient (Wildman–Crippen LogP) is 4.77. The number of anilines is 2. The van der Waals surface area contributed by atoms with Gasteiger partial charge in [0.05, 0.1) is 5.56 Å². The van der Waals surface area contributed by atoms with Gasteiger partial charge in [-0.05, 0) is 54.1 Å². The second-order valence-corrected chi connectivity index (χ2v) is 8.79. The van der Waals surface area contributed by atoms with E-state index >= 15 is 0 Å². The molecule has 1 aliphatic heterocycles. The lowest BCUT2D eigenvalue weighted by Crippen LogP contribution is -2.48. The SMILES string of the molecule is CCC(=O)N1CCN(c2ccc(NC(=O)c3cccc(-c4cc5ccccc5oc4=O)c3)cc2)CC1. The number of rotatable bonds is 5. The van der Waals surface area contributed by atoms with Crippen LogP contribution < -0.4 is 15.8 Å². The minimum Gasteiger partial charge on any atom is -0.422 e. The van der Waals surface area contributed by atoms with Crippen LogP contribution in [0.5, 0.6) is 0 Å². The molecule has 0 saturated carbocycles. The number of nitrogens with one attached hydrogen (secondary N) is 1. The number of piperazine rings is 1. The first-order valence-corrected chi connectivity index (χ1v) is 12.1. The highest BCUT2D eigenvalue weighted by molar-refractivity contribution is 6.05. The Bertz CT molecular complexity index is 1470. The molecule has 0 spiro atoms. The molecule has 1 N–H and O–H groups in total. The second kappa shape index (κ2) is 10.1. The highest BCUT2D eigenvalue weighted by Gasteiger charge is 2.20. The molecule has 0 radical (unpaired) electrons. The van der Waals surface area contributed by atoms with E-state index in [1.807, 2.05) is 54.3 Å².